The largest absolute Gasteiger partial charge is 0.371 e. The smallest absolute Gasteiger partial charge is 0.0771 e. The second kappa shape index (κ2) is 4.06. The fourth-order valence-corrected chi connectivity index (χ4v) is 1.73. The molecule has 0 aromatic rings. The number of rotatable bonds is 2. The van der Waals surface area contributed by atoms with Crippen LogP contribution >= 0.6 is 0 Å². The SMILES string of the molecule is C=CC1CC(N(C)C)CC(C)O1. The van der Waals surface area contributed by atoms with Crippen molar-refractivity contribution >= 4 is 0 Å². The van der Waals surface area contributed by atoms with E-state index in [1.807, 2.05) is 6.08 Å². The summed E-state index contributed by atoms with van der Waals surface area (Å²) in [4.78, 5) is 2.27. The van der Waals surface area contributed by atoms with Gasteiger partial charge in [0.05, 0.1) is 12.2 Å². The van der Waals surface area contributed by atoms with Gasteiger partial charge in [0.2, 0.25) is 0 Å². The molecule has 1 fully saturated rings. The Labute approximate surface area is 75.2 Å². The van der Waals surface area contributed by atoms with Crippen LogP contribution in [-0.4, -0.2) is 37.2 Å². The molecule has 1 aliphatic heterocycles. The van der Waals surface area contributed by atoms with E-state index in [4.69, 9.17) is 4.74 Å². The lowest BCUT2D eigenvalue weighted by molar-refractivity contribution is -0.0442. The predicted molar refractivity (Wildman–Crippen MR) is 51.2 cm³/mol. The van der Waals surface area contributed by atoms with Crippen molar-refractivity contribution in [3.8, 4) is 0 Å². The third kappa shape index (κ3) is 2.32. The van der Waals surface area contributed by atoms with Gasteiger partial charge in [0.15, 0.2) is 0 Å². The van der Waals surface area contributed by atoms with E-state index < -0.39 is 0 Å². The van der Waals surface area contributed by atoms with E-state index in [0.717, 1.165) is 12.8 Å². The lowest BCUT2D eigenvalue weighted by Crippen LogP contribution is -2.40. The average molecular weight is 169 g/mol. The molecule has 2 nitrogen and oxygen atoms in total. The molecule has 1 aliphatic rings. The zero-order valence-corrected chi connectivity index (χ0v) is 8.29. The van der Waals surface area contributed by atoms with Crippen LogP contribution in [0.2, 0.25) is 0 Å². The first-order chi connectivity index (χ1) is 5.63. The van der Waals surface area contributed by atoms with Crippen LogP contribution in [0.15, 0.2) is 12.7 Å². The third-order valence-corrected chi connectivity index (χ3v) is 2.51. The lowest BCUT2D eigenvalue weighted by atomic mass is 9.98. The summed E-state index contributed by atoms with van der Waals surface area (Å²) in [6.45, 7) is 5.90. The maximum atomic E-state index is 5.67. The summed E-state index contributed by atoms with van der Waals surface area (Å²) in [5, 5.41) is 0. The molecule has 3 atom stereocenters. The first-order valence-corrected chi connectivity index (χ1v) is 4.58. The molecule has 1 saturated heterocycles. The molecular formula is C10H19NO. The molecule has 0 amide bonds. The lowest BCUT2D eigenvalue weighted by Gasteiger charge is -2.35. The maximum Gasteiger partial charge on any atom is 0.0771 e. The van der Waals surface area contributed by atoms with E-state index in [1.165, 1.54) is 0 Å². The van der Waals surface area contributed by atoms with Crippen molar-refractivity contribution in [2.45, 2.75) is 38.0 Å². The predicted octanol–water partition coefficient (Wildman–Crippen LogP) is 1.67. The molecule has 12 heavy (non-hydrogen) atoms. The van der Waals surface area contributed by atoms with Gasteiger partial charge in [0, 0.05) is 6.04 Å². The Hall–Kier alpha value is -0.340. The van der Waals surface area contributed by atoms with Gasteiger partial charge in [-0.15, -0.1) is 6.58 Å². The maximum absolute atomic E-state index is 5.67. The standard InChI is InChI=1S/C10H19NO/c1-5-10-7-9(11(3)4)6-8(2)12-10/h5,8-10H,1,6-7H2,2-4H3. The van der Waals surface area contributed by atoms with Crippen LogP contribution < -0.4 is 0 Å². The molecule has 0 radical (unpaired) electrons. The van der Waals surface area contributed by atoms with Gasteiger partial charge in [0.25, 0.3) is 0 Å². The molecule has 0 aliphatic carbocycles. The number of hydrogen-bond donors (Lipinski definition) is 0. The highest BCUT2D eigenvalue weighted by molar-refractivity contribution is 4.89. The van der Waals surface area contributed by atoms with E-state index in [9.17, 15) is 0 Å². The van der Waals surface area contributed by atoms with E-state index >= 15 is 0 Å². The molecule has 3 unspecified atom stereocenters. The highest BCUT2D eigenvalue weighted by atomic mass is 16.5. The molecule has 0 spiro atoms. The molecule has 1 heterocycles. The number of nitrogens with zero attached hydrogens (tertiary/aromatic N) is 1. The van der Waals surface area contributed by atoms with Crippen LogP contribution in [0.4, 0.5) is 0 Å². The van der Waals surface area contributed by atoms with Crippen LogP contribution in [-0.2, 0) is 4.74 Å². The first kappa shape index (κ1) is 9.75. The minimum atomic E-state index is 0.251. The summed E-state index contributed by atoms with van der Waals surface area (Å²) in [6.07, 6.45) is 4.75. The van der Waals surface area contributed by atoms with Gasteiger partial charge in [-0.3, -0.25) is 0 Å². The van der Waals surface area contributed by atoms with Gasteiger partial charge in [0.1, 0.15) is 0 Å². The second-order valence-corrected chi connectivity index (χ2v) is 3.81. The van der Waals surface area contributed by atoms with Gasteiger partial charge >= 0.3 is 0 Å². The van der Waals surface area contributed by atoms with Crippen LogP contribution in [0, 0.1) is 0 Å². The van der Waals surface area contributed by atoms with E-state index in [-0.39, 0.29) is 6.10 Å². The van der Waals surface area contributed by atoms with Gasteiger partial charge in [-0.25, -0.2) is 0 Å². The zero-order valence-electron chi connectivity index (χ0n) is 8.29. The van der Waals surface area contributed by atoms with Crippen molar-refractivity contribution in [3.63, 3.8) is 0 Å². The highest BCUT2D eigenvalue weighted by Gasteiger charge is 2.26. The number of hydrogen-bond acceptors (Lipinski definition) is 2. The monoisotopic (exact) mass is 169 g/mol. The van der Waals surface area contributed by atoms with Gasteiger partial charge < -0.3 is 9.64 Å². The summed E-state index contributed by atoms with van der Waals surface area (Å²) >= 11 is 0. The number of ether oxygens (including phenoxy) is 1. The summed E-state index contributed by atoms with van der Waals surface area (Å²) in [5.74, 6) is 0. The Balaban J connectivity index is 2.50. The van der Waals surface area contributed by atoms with Crippen molar-refractivity contribution in [2.75, 3.05) is 14.1 Å². The van der Waals surface area contributed by atoms with Crippen molar-refractivity contribution in [3.05, 3.63) is 12.7 Å². The summed E-state index contributed by atoms with van der Waals surface area (Å²) < 4.78 is 5.67. The van der Waals surface area contributed by atoms with Gasteiger partial charge in [-0.05, 0) is 33.9 Å². The fraction of sp³-hybridized carbons (Fsp3) is 0.800. The summed E-state index contributed by atoms with van der Waals surface area (Å²) in [6, 6.07) is 0.650. The average Bonchev–Trinajstić information content (AvgIpc) is 2.03. The van der Waals surface area contributed by atoms with Crippen molar-refractivity contribution in [2.24, 2.45) is 0 Å². The van der Waals surface area contributed by atoms with E-state index in [1.54, 1.807) is 0 Å². The Morgan fingerprint density at radius 3 is 2.58 bits per heavy atom. The van der Waals surface area contributed by atoms with Crippen LogP contribution in [0.3, 0.4) is 0 Å². The van der Waals surface area contributed by atoms with E-state index in [0.29, 0.717) is 12.1 Å². The van der Waals surface area contributed by atoms with Gasteiger partial charge in [-0.1, -0.05) is 6.08 Å². The molecule has 0 aromatic heterocycles. The topological polar surface area (TPSA) is 12.5 Å². The van der Waals surface area contributed by atoms with Crippen LogP contribution in [0.25, 0.3) is 0 Å². The minimum Gasteiger partial charge on any atom is -0.371 e. The molecule has 0 saturated carbocycles. The normalized spacial score (nSPS) is 36.8. The molecular weight excluding hydrogens is 150 g/mol. The Morgan fingerprint density at radius 2 is 2.08 bits per heavy atom. The molecule has 70 valence electrons. The molecule has 0 bridgehead atoms. The summed E-state index contributed by atoms with van der Waals surface area (Å²) in [7, 11) is 4.26. The first-order valence-electron chi connectivity index (χ1n) is 4.58. The molecule has 1 rings (SSSR count). The highest BCUT2D eigenvalue weighted by Crippen LogP contribution is 2.22. The Morgan fingerprint density at radius 1 is 1.42 bits per heavy atom. The van der Waals surface area contributed by atoms with Crippen LogP contribution in [0.1, 0.15) is 19.8 Å². The molecule has 0 aromatic carbocycles. The summed E-state index contributed by atoms with van der Waals surface area (Å²) in [5.41, 5.74) is 0. The van der Waals surface area contributed by atoms with E-state index in [2.05, 4.69) is 32.5 Å². The van der Waals surface area contributed by atoms with Crippen molar-refractivity contribution in [1.82, 2.24) is 4.90 Å². The van der Waals surface area contributed by atoms with Crippen molar-refractivity contribution in [1.29, 1.82) is 0 Å². The molecule has 0 N–H and O–H groups in total. The van der Waals surface area contributed by atoms with Crippen LogP contribution in [0.5, 0.6) is 0 Å². The second-order valence-electron chi connectivity index (χ2n) is 3.81. The quantitative estimate of drug-likeness (QED) is 0.583. The fourth-order valence-electron chi connectivity index (χ4n) is 1.73. The Bertz CT molecular complexity index is 156. The Kier molecular flexibility index (Phi) is 3.29. The zero-order chi connectivity index (χ0) is 9.14. The molecule has 2 heteroatoms. The van der Waals surface area contributed by atoms with Crippen molar-refractivity contribution < 1.29 is 4.74 Å². The minimum absolute atomic E-state index is 0.251. The van der Waals surface area contributed by atoms with Gasteiger partial charge in [-0.2, -0.15) is 0 Å². The third-order valence-electron chi connectivity index (χ3n) is 2.51.